The van der Waals surface area contributed by atoms with Crippen LogP contribution in [0, 0.1) is 19.7 Å². The van der Waals surface area contributed by atoms with Crippen molar-refractivity contribution in [1.82, 2.24) is 5.32 Å². The Bertz CT molecular complexity index is 580. The van der Waals surface area contributed by atoms with Crippen LogP contribution in [0.3, 0.4) is 0 Å². The van der Waals surface area contributed by atoms with E-state index in [2.05, 4.69) is 25.2 Å². The normalized spacial score (nSPS) is 12.7. The Kier molecular flexibility index (Phi) is 4.61. The second-order valence-corrected chi connectivity index (χ2v) is 6.37. The van der Waals surface area contributed by atoms with Crippen molar-refractivity contribution in [2.45, 2.75) is 26.8 Å². The van der Waals surface area contributed by atoms with Crippen molar-refractivity contribution in [2.75, 3.05) is 6.54 Å². The highest BCUT2D eigenvalue weighted by Gasteiger charge is 2.21. The Labute approximate surface area is 122 Å². The van der Waals surface area contributed by atoms with Crippen LogP contribution in [0.5, 0.6) is 0 Å². The van der Waals surface area contributed by atoms with Gasteiger partial charge in [-0.2, -0.15) is 0 Å². The predicted octanol–water partition coefficient (Wildman–Crippen LogP) is 4.86. The van der Waals surface area contributed by atoms with Gasteiger partial charge in [-0.05, 0) is 38.1 Å². The number of aryl methyl sites for hydroxylation is 2. The average molecular weight is 298 g/mol. The first kappa shape index (κ1) is 14.5. The number of hydrogen-bond donors (Lipinski definition) is 1. The van der Waals surface area contributed by atoms with Crippen LogP contribution in [0.25, 0.3) is 0 Å². The fourth-order valence-electron chi connectivity index (χ4n) is 2.27. The van der Waals surface area contributed by atoms with Crippen LogP contribution in [0.15, 0.2) is 24.3 Å². The Morgan fingerprint density at radius 1 is 1.32 bits per heavy atom. The molecule has 0 aliphatic heterocycles. The van der Waals surface area contributed by atoms with E-state index in [0.717, 1.165) is 12.1 Å². The van der Waals surface area contributed by atoms with Gasteiger partial charge in [-0.1, -0.05) is 30.7 Å². The smallest absolute Gasteiger partial charge is 0.146 e. The lowest BCUT2D eigenvalue weighted by molar-refractivity contribution is 0.559. The molecule has 1 heterocycles. The third-order valence-electron chi connectivity index (χ3n) is 3.09. The summed E-state index contributed by atoms with van der Waals surface area (Å²) in [5.41, 5.74) is 1.74. The van der Waals surface area contributed by atoms with E-state index in [4.69, 9.17) is 11.6 Å². The molecular formula is C15H17ClFNS. The first-order valence-corrected chi connectivity index (χ1v) is 7.48. The second kappa shape index (κ2) is 6.04. The maximum absolute atomic E-state index is 14.2. The van der Waals surface area contributed by atoms with Gasteiger partial charge in [0.1, 0.15) is 5.82 Å². The Hall–Kier alpha value is -0.900. The largest absolute Gasteiger partial charge is 0.306 e. The van der Waals surface area contributed by atoms with Crippen molar-refractivity contribution in [3.05, 3.63) is 56.0 Å². The molecule has 1 N–H and O–H groups in total. The number of nitrogens with one attached hydrogen (secondary N) is 1. The third-order valence-corrected chi connectivity index (χ3v) is 4.36. The molecule has 0 saturated heterocycles. The monoisotopic (exact) mass is 297 g/mol. The summed E-state index contributed by atoms with van der Waals surface area (Å²) in [7, 11) is 0. The second-order valence-electron chi connectivity index (χ2n) is 4.50. The molecule has 102 valence electrons. The van der Waals surface area contributed by atoms with Gasteiger partial charge in [0.25, 0.3) is 0 Å². The molecule has 1 atom stereocenters. The van der Waals surface area contributed by atoms with Gasteiger partial charge in [-0.15, -0.1) is 11.3 Å². The topological polar surface area (TPSA) is 12.0 Å². The van der Waals surface area contributed by atoms with Gasteiger partial charge in [0.05, 0.1) is 11.1 Å². The minimum atomic E-state index is -0.335. The first-order chi connectivity index (χ1) is 9.04. The van der Waals surface area contributed by atoms with Gasteiger partial charge in [-0.25, -0.2) is 4.39 Å². The van der Waals surface area contributed by atoms with Crippen molar-refractivity contribution < 1.29 is 4.39 Å². The Balaban J connectivity index is 2.51. The molecule has 0 amide bonds. The highest BCUT2D eigenvalue weighted by atomic mass is 35.5. The molecule has 19 heavy (non-hydrogen) atoms. The lowest BCUT2D eigenvalue weighted by Gasteiger charge is -2.19. The van der Waals surface area contributed by atoms with Crippen molar-refractivity contribution in [3.63, 3.8) is 0 Å². The van der Waals surface area contributed by atoms with Crippen LogP contribution in [-0.2, 0) is 0 Å². The van der Waals surface area contributed by atoms with E-state index in [1.54, 1.807) is 29.5 Å². The van der Waals surface area contributed by atoms with Crippen molar-refractivity contribution >= 4 is 22.9 Å². The molecule has 0 bridgehead atoms. The SMILES string of the molecule is CCNC(c1cc(C)sc1C)c1cccc(Cl)c1F. The number of halogens is 2. The van der Waals surface area contributed by atoms with E-state index in [1.165, 1.54) is 9.75 Å². The summed E-state index contributed by atoms with van der Waals surface area (Å²) in [4.78, 5) is 2.45. The molecule has 0 saturated carbocycles. The summed E-state index contributed by atoms with van der Waals surface area (Å²) in [6, 6.07) is 7.14. The molecule has 0 aliphatic carbocycles. The zero-order valence-corrected chi connectivity index (χ0v) is 12.8. The van der Waals surface area contributed by atoms with Crippen LogP contribution < -0.4 is 5.32 Å². The maximum Gasteiger partial charge on any atom is 0.146 e. The Morgan fingerprint density at radius 2 is 2.05 bits per heavy atom. The van der Waals surface area contributed by atoms with Gasteiger partial charge in [0.2, 0.25) is 0 Å². The van der Waals surface area contributed by atoms with Crippen LogP contribution >= 0.6 is 22.9 Å². The number of hydrogen-bond acceptors (Lipinski definition) is 2. The summed E-state index contributed by atoms with van der Waals surface area (Å²) in [5.74, 6) is -0.335. The lowest BCUT2D eigenvalue weighted by atomic mass is 9.98. The molecule has 0 aliphatic rings. The molecule has 2 rings (SSSR count). The molecule has 0 radical (unpaired) electrons. The van der Waals surface area contributed by atoms with E-state index in [1.807, 2.05) is 6.92 Å². The zero-order chi connectivity index (χ0) is 14.0. The van der Waals surface area contributed by atoms with Gasteiger partial charge in [-0.3, -0.25) is 0 Å². The fourth-order valence-corrected chi connectivity index (χ4v) is 3.42. The molecule has 1 aromatic heterocycles. The molecule has 1 unspecified atom stereocenters. The minimum Gasteiger partial charge on any atom is -0.306 e. The average Bonchev–Trinajstić information content (AvgIpc) is 2.69. The van der Waals surface area contributed by atoms with Gasteiger partial charge < -0.3 is 5.32 Å². The highest BCUT2D eigenvalue weighted by Crippen LogP contribution is 2.33. The molecule has 1 aromatic carbocycles. The van der Waals surface area contributed by atoms with E-state index in [0.29, 0.717) is 5.56 Å². The van der Waals surface area contributed by atoms with Crippen molar-refractivity contribution in [3.8, 4) is 0 Å². The van der Waals surface area contributed by atoms with Gasteiger partial charge in [0.15, 0.2) is 0 Å². The van der Waals surface area contributed by atoms with E-state index < -0.39 is 0 Å². The zero-order valence-electron chi connectivity index (χ0n) is 11.3. The molecule has 0 fully saturated rings. The number of thiophene rings is 1. The summed E-state index contributed by atoms with van der Waals surface area (Å²) in [5, 5.41) is 3.52. The summed E-state index contributed by atoms with van der Waals surface area (Å²) in [6.07, 6.45) is 0. The molecule has 4 heteroatoms. The minimum absolute atomic E-state index is 0.145. The van der Waals surface area contributed by atoms with Crippen LogP contribution in [0.2, 0.25) is 5.02 Å². The number of rotatable bonds is 4. The molecule has 0 spiro atoms. The predicted molar refractivity (Wildman–Crippen MR) is 80.7 cm³/mol. The third kappa shape index (κ3) is 2.99. The Morgan fingerprint density at radius 3 is 2.63 bits per heavy atom. The molecular weight excluding hydrogens is 281 g/mol. The standard InChI is InChI=1S/C15H17ClFNS/c1-4-18-15(12-8-9(2)19-10(12)3)11-6-5-7-13(16)14(11)17/h5-8,15,18H,4H2,1-3H3. The van der Waals surface area contributed by atoms with E-state index in [9.17, 15) is 4.39 Å². The summed E-state index contributed by atoms with van der Waals surface area (Å²) in [6.45, 7) is 6.92. The fraction of sp³-hybridized carbons (Fsp3) is 0.333. The highest BCUT2D eigenvalue weighted by molar-refractivity contribution is 7.12. The van der Waals surface area contributed by atoms with Crippen molar-refractivity contribution in [2.24, 2.45) is 0 Å². The number of benzene rings is 1. The van der Waals surface area contributed by atoms with E-state index in [-0.39, 0.29) is 16.9 Å². The maximum atomic E-state index is 14.2. The van der Waals surface area contributed by atoms with Gasteiger partial charge >= 0.3 is 0 Å². The van der Waals surface area contributed by atoms with Gasteiger partial charge in [0, 0.05) is 15.3 Å². The van der Waals surface area contributed by atoms with Crippen LogP contribution in [0.1, 0.15) is 33.8 Å². The van der Waals surface area contributed by atoms with Crippen molar-refractivity contribution in [1.29, 1.82) is 0 Å². The van der Waals surface area contributed by atoms with Crippen LogP contribution in [0.4, 0.5) is 4.39 Å². The summed E-state index contributed by atoms with van der Waals surface area (Å²) < 4.78 is 14.2. The van der Waals surface area contributed by atoms with E-state index >= 15 is 0 Å². The van der Waals surface area contributed by atoms with Crippen LogP contribution in [-0.4, -0.2) is 6.54 Å². The molecule has 2 aromatic rings. The molecule has 1 nitrogen and oxygen atoms in total. The summed E-state index contributed by atoms with van der Waals surface area (Å²) >= 11 is 7.62. The lowest BCUT2D eigenvalue weighted by Crippen LogP contribution is -2.23. The first-order valence-electron chi connectivity index (χ1n) is 6.28. The quantitative estimate of drug-likeness (QED) is 0.850.